The van der Waals surface area contributed by atoms with Crippen LogP contribution in [0.2, 0.25) is 0 Å². The molecule has 0 amide bonds. The summed E-state index contributed by atoms with van der Waals surface area (Å²) in [6.45, 7) is 3.86. The molecule has 0 spiro atoms. The van der Waals surface area contributed by atoms with E-state index >= 15 is 0 Å². The first-order chi connectivity index (χ1) is 22.6. The van der Waals surface area contributed by atoms with Crippen LogP contribution in [0.3, 0.4) is 0 Å². The van der Waals surface area contributed by atoms with Gasteiger partial charge in [0.05, 0.1) is 11.4 Å². The Morgan fingerprint density at radius 2 is 0.500 bits per heavy atom. The molecule has 46 heavy (non-hydrogen) atoms. The molecule has 6 heteroatoms. The molecule has 6 aromatic rings. The molecule has 0 aliphatic carbocycles. The molecular weight excluding hydrogens is 597 g/mol. The number of hydrogen-bond acceptors (Lipinski definition) is 4. The minimum absolute atomic E-state index is 0.650. The summed E-state index contributed by atoms with van der Waals surface area (Å²) in [5.74, 6) is 0. The zero-order valence-corrected chi connectivity index (χ0v) is 28.0. The van der Waals surface area contributed by atoms with Crippen molar-refractivity contribution in [1.82, 2.24) is 0 Å². The third-order valence-electron chi connectivity index (χ3n) is 8.24. The van der Waals surface area contributed by atoms with Crippen LogP contribution in [0.25, 0.3) is 0 Å². The first kappa shape index (κ1) is 30.7. The minimum atomic E-state index is -3.02. The molecule has 0 heterocycles. The van der Waals surface area contributed by atoms with E-state index in [-0.39, 0.29) is 0 Å². The smallest absolute Gasteiger partial charge is 0.380 e. The fraction of sp³-hybridized carbons (Fsp3) is 0.0500. The number of oxime groups is 2. The largest absolute Gasteiger partial charge is 0.438 e. The van der Waals surface area contributed by atoms with Gasteiger partial charge in [-0.05, 0) is 45.0 Å². The van der Waals surface area contributed by atoms with Gasteiger partial charge in [0.2, 0.25) is 0 Å². The van der Waals surface area contributed by atoms with E-state index in [0.717, 1.165) is 31.1 Å². The molecule has 6 rings (SSSR count). The normalized spacial score (nSPS) is 12.4. The highest BCUT2D eigenvalue weighted by Gasteiger charge is 2.46. The maximum absolute atomic E-state index is 6.86. The van der Waals surface area contributed by atoms with Gasteiger partial charge >= 0.3 is 16.6 Å². The van der Waals surface area contributed by atoms with Crippen LogP contribution in [0.4, 0.5) is 0 Å². The Bertz CT molecular complexity index is 1550. The first-order valence-corrected chi connectivity index (χ1v) is 19.3. The molecule has 0 aliphatic heterocycles. The maximum atomic E-state index is 6.86. The van der Waals surface area contributed by atoms with E-state index in [9.17, 15) is 0 Å². The lowest BCUT2D eigenvalue weighted by molar-refractivity contribution is 0.343. The second-order valence-corrected chi connectivity index (χ2v) is 17.6. The second-order valence-electron chi connectivity index (χ2n) is 11.1. The fourth-order valence-corrected chi connectivity index (χ4v) is 12.9. The molecule has 0 N–H and O–H groups in total. The highest BCUT2D eigenvalue weighted by molar-refractivity contribution is 7.07. The molecule has 4 nitrogen and oxygen atoms in total. The maximum Gasteiger partial charge on any atom is 0.380 e. The SMILES string of the molecule is CC(=N\O[Si](c1ccccc1)(c1ccccc1)c1ccccc1)/C(C)=N/O[Si](c1ccccc1)(c1ccccc1)c1ccccc1. The van der Waals surface area contributed by atoms with Crippen molar-refractivity contribution >= 4 is 59.2 Å². The lowest BCUT2D eigenvalue weighted by atomic mass is 10.3. The zero-order valence-electron chi connectivity index (χ0n) is 26.0. The second kappa shape index (κ2) is 14.2. The van der Waals surface area contributed by atoms with Crippen LogP contribution >= 0.6 is 0 Å². The average molecular weight is 633 g/mol. The highest BCUT2D eigenvalue weighted by Crippen LogP contribution is 2.13. The van der Waals surface area contributed by atoms with E-state index in [1.54, 1.807) is 0 Å². The summed E-state index contributed by atoms with van der Waals surface area (Å²) in [7, 11) is -6.05. The minimum Gasteiger partial charge on any atom is -0.438 e. The number of nitrogens with zero attached hydrogens (tertiary/aromatic N) is 2. The van der Waals surface area contributed by atoms with Crippen LogP contribution in [0.1, 0.15) is 13.8 Å². The molecule has 0 fully saturated rings. The molecule has 0 aliphatic rings. The predicted molar refractivity (Wildman–Crippen MR) is 196 cm³/mol. The summed E-state index contributed by atoms with van der Waals surface area (Å²) in [4.78, 5) is 0. The predicted octanol–water partition coefficient (Wildman–Crippen LogP) is 5.11. The molecule has 0 saturated heterocycles. The van der Waals surface area contributed by atoms with Crippen LogP contribution in [-0.2, 0) is 9.05 Å². The van der Waals surface area contributed by atoms with Gasteiger partial charge in [-0.2, -0.15) is 0 Å². The van der Waals surface area contributed by atoms with E-state index in [4.69, 9.17) is 19.4 Å². The van der Waals surface area contributed by atoms with Crippen molar-refractivity contribution in [2.75, 3.05) is 0 Å². The molecule has 0 aromatic heterocycles. The molecule has 6 aromatic carbocycles. The van der Waals surface area contributed by atoms with Gasteiger partial charge in [-0.3, -0.25) is 0 Å². The van der Waals surface area contributed by atoms with Gasteiger partial charge in [0, 0.05) is 0 Å². The molecule has 0 saturated carbocycles. The Labute approximate surface area is 273 Å². The monoisotopic (exact) mass is 632 g/mol. The Hall–Kier alpha value is -5.31. The number of hydrogen-bond donors (Lipinski definition) is 0. The van der Waals surface area contributed by atoms with Gasteiger partial charge in [0.15, 0.2) is 0 Å². The highest BCUT2D eigenvalue weighted by atomic mass is 28.4. The Morgan fingerprint density at radius 3 is 0.674 bits per heavy atom. The van der Waals surface area contributed by atoms with Crippen LogP contribution in [0.5, 0.6) is 0 Å². The summed E-state index contributed by atoms with van der Waals surface area (Å²) in [6.07, 6.45) is 0. The molecule has 0 atom stereocenters. The standard InChI is InChI=1S/C40H36N2O2Si2/c1-33(41-43-45(35-21-9-3-10-22-35,36-23-11-4-12-24-36)37-25-13-5-14-26-37)34(2)42-44-46(38-27-15-6-16-28-38,39-29-17-7-18-30-39)40-31-19-8-20-32-40/h3-32H,1-2H3/b41-33+,42-34+. The van der Waals surface area contributed by atoms with Gasteiger partial charge in [0.1, 0.15) is 0 Å². The van der Waals surface area contributed by atoms with Crippen molar-refractivity contribution in [3.63, 3.8) is 0 Å². The fourth-order valence-electron chi connectivity index (χ4n) is 5.76. The molecule has 0 unspecified atom stereocenters. The summed E-state index contributed by atoms with van der Waals surface area (Å²) >= 11 is 0. The van der Waals surface area contributed by atoms with Crippen molar-refractivity contribution < 1.29 is 9.05 Å². The van der Waals surface area contributed by atoms with Crippen molar-refractivity contribution in [1.29, 1.82) is 0 Å². The lowest BCUT2D eigenvalue weighted by Gasteiger charge is -2.31. The van der Waals surface area contributed by atoms with Gasteiger partial charge in [-0.1, -0.05) is 182 Å². The Kier molecular flexibility index (Phi) is 9.48. The molecule has 0 radical (unpaired) electrons. The topological polar surface area (TPSA) is 43.2 Å². The van der Waals surface area contributed by atoms with Crippen LogP contribution < -0.4 is 31.1 Å². The lowest BCUT2D eigenvalue weighted by Crippen LogP contribution is -2.68. The summed E-state index contributed by atoms with van der Waals surface area (Å²) in [5.41, 5.74) is 1.30. The molecular formula is C40H36N2O2Si2. The summed E-state index contributed by atoms with van der Waals surface area (Å²) in [5, 5.41) is 16.3. The summed E-state index contributed by atoms with van der Waals surface area (Å²) < 4.78 is 13.7. The van der Waals surface area contributed by atoms with Gasteiger partial charge in [-0.25, -0.2) is 0 Å². The molecule has 226 valence electrons. The van der Waals surface area contributed by atoms with E-state index in [1.165, 1.54) is 0 Å². The van der Waals surface area contributed by atoms with Gasteiger partial charge < -0.3 is 9.05 Å². The average Bonchev–Trinajstić information content (AvgIpc) is 3.14. The van der Waals surface area contributed by atoms with Crippen molar-refractivity contribution in [2.45, 2.75) is 13.8 Å². The van der Waals surface area contributed by atoms with Crippen molar-refractivity contribution in [2.24, 2.45) is 10.3 Å². The van der Waals surface area contributed by atoms with Crippen LogP contribution in [-0.4, -0.2) is 28.1 Å². The van der Waals surface area contributed by atoms with Gasteiger partial charge in [0.25, 0.3) is 0 Å². The number of benzene rings is 6. The molecule has 0 bridgehead atoms. The van der Waals surface area contributed by atoms with E-state index < -0.39 is 16.6 Å². The summed E-state index contributed by atoms with van der Waals surface area (Å²) in [6, 6.07) is 62.6. The zero-order chi connectivity index (χ0) is 31.7. The van der Waals surface area contributed by atoms with Crippen LogP contribution in [0.15, 0.2) is 192 Å². The number of rotatable bonds is 11. The van der Waals surface area contributed by atoms with Gasteiger partial charge in [-0.15, -0.1) is 10.3 Å². The first-order valence-electron chi connectivity index (χ1n) is 15.4. The van der Waals surface area contributed by atoms with E-state index in [2.05, 4.69) is 146 Å². The third-order valence-corrected chi connectivity index (χ3v) is 15.9. The Balaban J connectivity index is 1.44. The van der Waals surface area contributed by atoms with Crippen molar-refractivity contribution in [3.05, 3.63) is 182 Å². The Morgan fingerprint density at radius 1 is 0.326 bits per heavy atom. The quantitative estimate of drug-likeness (QED) is 0.0863. The third kappa shape index (κ3) is 6.13. The van der Waals surface area contributed by atoms with Crippen LogP contribution in [0, 0.1) is 0 Å². The van der Waals surface area contributed by atoms with E-state index in [0.29, 0.717) is 11.4 Å². The van der Waals surface area contributed by atoms with Crippen molar-refractivity contribution in [3.8, 4) is 0 Å². The van der Waals surface area contributed by atoms with E-state index in [1.807, 2.05) is 50.2 Å².